The molecule has 0 bridgehead atoms. The minimum absolute atomic E-state index is 0.100. The normalized spacial score (nSPS) is 12.2. The number of nitriles is 1. The van der Waals surface area contributed by atoms with Crippen molar-refractivity contribution in [2.45, 2.75) is 44.4 Å². The molecule has 4 rings (SSSR count). The lowest BCUT2D eigenvalue weighted by molar-refractivity contribution is 0.0994. The molecule has 2 aromatic carbocycles. The van der Waals surface area contributed by atoms with Gasteiger partial charge in [0.1, 0.15) is 6.07 Å². The van der Waals surface area contributed by atoms with Crippen LogP contribution in [0.4, 0.5) is 0 Å². The molecule has 0 aliphatic heterocycles. The number of hydrogen-bond donors (Lipinski definition) is 0. The molecule has 5 heteroatoms. The van der Waals surface area contributed by atoms with Crippen molar-refractivity contribution in [1.29, 1.82) is 5.26 Å². The van der Waals surface area contributed by atoms with Crippen LogP contribution >= 0.6 is 11.8 Å². The minimum Gasteiger partial charge on any atom is -0.293 e. The van der Waals surface area contributed by atoms with E-state index in [2.05, 4.69) is 6.07 Å². The van der Waals surface area contributed by atoms with Crippen molar-refractivity contribution in [3.05, 3.63) is 76.3 Å². The molecular weight excluding hydrogens is 390 g/mol. The van der Waals surface area contributed by atoms with Crippen molar-refractivity contribution in [1.82, 2.24) is 9.38 Å². The van der Waals surface area contributed by atoms with E-state index in [9.17, 15) is 10.1 Å². The average molecular weight is 414 g/mol. The highest BCUT2D eigenvalue weighted by Crippen LogP contribution is 2.33. The van der Waals surface area contributed by atoms with Crippen molar-refractivity contribution in [3.63, 3.8) is 0 Å². The zero-order valence-electron chi connectivity index (χ0n) is 17.6. The van der Waals surface area contributed by atoms with Crippen LogP contribution in [0.5, 0.6) is 0 Å². The third-order valence-corrected chi connectivity index (χ3v) is 6.68. The summed E-state index contributed by atoms with van der Waals surface area (Å²) in [7, 11) is 0. The van der Waals surface area contributed by atoms with Crippen LogP contribution in [0.25, 0.3) is 16.7 Å². The van der Waals surface area contributed by atoms with E-state index in [1.807, 2.05) is 80.6 Å². The SMILES string of the molecule is CCc1cc(S[C@H](C)C(=O)c2ccc(C)c(C)c2)n2c(nc3ccccc32)c1C#N. The molecule has 0 N–H and O–H groups in total. The molecule has 2 heterocycles. The molecule has 30 heavy (non-hydrogen) atoms. The highest BCUT2D eigenvalue weighted by Gasteiger charge is 2.22. The second kappa shape index (κ2) is 7.97. The first kappa shape index (κ1) is 20.2. The van der Waals surface area contributed by atoms with E-state index in [1.54, 1.807) is 0 Å². The first-order chi connectivity index (χ1) is 14.4. The maximum atomic E-state index is 13.1. The van der Waals surface area contributed by atoms with Crippen molar-refractivity contribution in [2.75, 3.05) is 0 Å². The number of fused-ring (bicyclic) bond motifs is 3. The summed E-state index contributed by atoms with van der Waals surface area (Å²) in [4.78, 5) is 17.9. The molecule has 4 aromatic rings. The number of carbonyl (C=O) groups excluding carboxylic acids is 1. The molecule has 0 spiro atoms. The zero-order valence-corrected chi connectivity index (χ0v) is 18.4. The van der Waals surface area contributed by atoms with Gasteiger partial charge >= 0.3 is 0 Å². The number of carbonyl (C=O) groups is 1. The van der Waals surface area contributed by atoms with Crippen LogP contribution < -0.4 is 0 Å². The van der Waals surface area contributed by atoms with E-state index in [0.717, 1.165) is 39.2 Å². The predicted molar refractivity (Wildman–Crippen MR) is 122 cm³/mol. The Morgan fingerprint density at radius 1 is 1.17 bits per heavy atom. The topological polar surface area (TPSA) is 58.2 Å². The van der Waals surface area contributed by atoms with Crippen LogP contribution in [-0.4, -0.2) is 20.4 Å². The van der Waals surface area contributed by atoms with Gasteiger partial charge < -0.3 is 0 Å². The summed E-state index contributed by atoms with van der Waals surface area (Å²) < 4.78 is 2.02. The summed E-state index contributed by atoms with van der Waals surface area (Å²) in [6.45, 7) is 8.05. The maximum Gasteiger partial charge on any atom is 0.175 e. The van der Waals surface area contributed by atoms with Gasteiger partial charge in [0, 0.05) is 5.56 Å². The first-order valence-electron chi connectivity index (χ1n) is 10.1. The fourth-order valence-corrected chi connectivity index (χ4v) is 4.80. The lowest BCUT2D eigenvalue weighted by Gasteiger charge is -2.15. The Morgan fingerprint density at radius 2 is 1.93 bits per heavy atom. The number of thioether (sulfide) groups is 1. The first-order valence-corrected chi connectivity index (χ1v) is 10.9. The lowest BCUT2D eigenvalue weighted by Crippen LogP contribution is -2.15. The van der Waals surface area contributed by atoms with Gasteiger partial charge in [0.05, 0.1) is 26.9 Å². The van der Waals surface area contributed by atoms with Crippen LogP contribution in [0.3, 0.4) is 0 Å². The molecule has 0 fully saturated rings. The molecule has 0 saturated carbocycles. The molecule has 150 valence electrons. The minimum atomic E-state index is -0.269. The molecule has 4 nitrogen and oxygen atoms in total. The van der Waals surface area contributed by atoms with E-state index in [0.29, 0.717) is 11.2 Å². The number of nitrogens with zero attached hydrogens (tertiary/aromatic N) is 3. The molecule has 2 aromatic heterocycles. The third-order valence-electron chi connectivity index (χ3n) is 5.57. The molecule has 1 atom stereocenters. The van der Waals surface area contributed by atoms with Crippen molar-refractivity contribution in [3.8, 4) is 6.07 Å². The van der Waals surface area contributed by atoms with E-state index >= 15 is 0 Å². The van der Waals surface area contributed by atoms with Gasteiger partial charge in [-0.15, -0.1) is 0 Å². The van der Waals surface area contributed by atoms with Crippen LogP contribution in [0.1, 0.15) is 46.5 Å². The molecule has 0 aliphatic carbocycles. The van der Waals surface area contributed by atoms with Gasteiger partial charge in [-0.1, -0.05) is 43.0 Å². The second-order valence-electron chi connectivity index (χ2n) is 7.53. The van der Waals surface area contributed by atoms with Gasteiger partial charge in [0.15, 0.2) is 11.4 Å². The molecular formula is C25H23N3OS. The van der Waals surface area contributed by atoms with E-state index in [4.69, 9.17) is 4.98 Å². The monoisotopic (exact) mass is 413 g/mol. The van der Waals surface area contributed by atoms with Crippen molar-refractivity contribution in [2.24, 2.45) is 0 Å². The summed E-state index contributed by atoms with van der Waals surface area (Å²) in [5, 5.41) is 10.4. The van der Waals surface area contributed by atoms with Crippen LogP contribution in [-0.2, 0) is 6.42 Å². The number of aryl methyl sites for hydroxylation is 3. The Labute approximate surface area is 180 Å². The Bertz CT molecular complexity index is 1330. The number of para-hydroxylation sites is 2. The number of rotatable bonds is 5. The fourth-order valence-electron chi connectivity index (χ4n) is 3.70. The number of benzene rings is 2. The van der Waals surface area contributed by atoms with Crippen LogP contribution in [0.15, 0.2) is 53.6 Å². The fraction of sp³-hybridized carbons (Fsp3) is 0.240. The van der Waals surface area contributed by atoms with Crippen molar-refractivity contribution >= 4 is 34.2 Å². The Hall–Kier alpha value is -3.10. The smallest absolute Gasteiger partial charge is 0.175 e. The number of imidazole rings is 1. The molecule has 0 saturated heterocycles. The highest BCUT2D eigenvalue weighted by molar-refractivity contribution is 8.00. The molecule has 0 radical (unpaired) electrons. The highest BCUT2D eigenvalue weighted by atomic mass is 32.2. The molecule has 0 unspecified atom stereocenters. The largest absolute Gasteiger partial charge is 0.293 e. The van der Waals surface area contributed by atoms with Gasteiger partial charge in [0.25, 0.3) is 0 Å². The Morgan fingerprint density at radius 3 is 2.63 bits per heavy atom. The van der Waals surface area contributed by atoms with Gasteiger partial charge in [-0.05, 0) is 68.1 Å². The summed E-state index contributed by atoms with van der Waals surface area (Å²) >= 11 is 1.52. The standard InChI is InChI=1S/C25H23N3OS/c1-5-18-13-23(30-17(4)24(29)19-11-10-15(2)16(3)12-19)28-22-9-7-6-8-21(22)27-25(28)20(18)14-26/h6-13,17H,5H2,1-4H3/t17-/m1/s1. The van der Waals surface area contributed by atoms with Crippen LogP contribution in [0, 0.1) is 25.2 Å². The lowest BCUT2D eigenvalue weighted by atomic mass is 10.0. The summed E-state index contributed by atoms with van der Waals surface area (Å²) in [5.74, 6) is 0.100. The maximum absolute atomic E-state index is 13.1. The van der Waals surface area contributed by atoms with E-state index in [-0.39, 0.29) is 11.0 Å². The van der Waals surface area contributed by atoms with Crippen LogP contribution in [0.2, 0.25) is 0 Å². The molecule has 0 amide bonds. The Balaban J connectivity index is 1.82. The number of ketones is 1. The van der Waals surface area contributed by atoms with Gasteiger partial charge in [-0.25, -0.2) is 4.98 Å². The third kappa shape index (κ3) is 3.38. The number of hydrogen-bond acceptors (Lipinski definition) is 4. The zero-order chi connectivity index (χ0) is 21.4. The van der Waals surface area contributed by atoms with Gasteiger partial charge in [0.2, 0.25) is 0 Å². The van der Waals surface area contributed by atoms with Gasteiger partial charge in [-0.3, -0.25) is 9.20 Å². The molecule has 0 aliphatic rings. The number of pyridine rings is 1. The average Bonchev–Trinajstić information content (AvgIpc) is 3.14. The second-order valence-corrected chi connectivity index (χ2v) is 8.89. The van der Waals surface area contributed by atoms with E-state index < -0.39 is 0 Å². The van der Waals surface area contributed by atoms with Gasteiger partial charge in [-0.2, -0.15) is 5.26 Å². The summed E-state index contributed by atoms with van der Waals surface area (Å²) in [6, 6.07) is 18.1. The summed E-state index contributed by atoms with van der Waals surface area (Å²) in [6.07, 6.45) is 0.732. The summed E-state index contributed by atoms with van der Waals surface area (Å²) in [5.41, 5.74) is 7.03. The number of Topliss-reactive ketones (excluding diaryl/α,β-unsaturated/α-hetero) is 1. The van der Waals surface area contributed by atoms with Crippen molar-refractivity contribution < 1.29 is 4.79 Å². The predicted octanol–water partition coefficient (Wildman–Crippen LogP) is 5.90. The Kier molecular flexibility index (Phi) is 5.36. The van der Waals surface area contributed by atoms with E-state index in [1.165, 1.54) is 17.3 Å². The quantitative estimate of drug-likeness (QED) is 0.302. The number of aromatic nitrogens is 2.